The Bertz CT molecular complexity index is 438. The van der Waals surface area contributed by atoms with E-state index >= 15 is 0 Å². The Morgan fingerprint density at radius 3 is 2.85 bits per heavy atom. The van der Waals surface area contributed by atoms with E-state index in [0.717, 1.165) is 35.1 Å². The maximum atomic E-state index is 4.68. The number of rotatable bonds is 5. The van der Waals surface area contributed by atoms with Gasteiger partial charge < -0.3 is 10.2 Å². The van der Waals surface area contributed by atoms with Crippen molar-refractivity contribution in [3.63, 3.8) is 0 Å². The number of hydrogen-bond donors (Lipinski definition) is 1. The van der Waals surface area contributed by atoms with Crippen molar-refractivity contribution in [2.45, 2.75) is 52.0 Å². The van der Waals surface area contributed by atoms with Crippen molar-refractivity contribution in [3.05, 3.63) is 10.7 Å². The third-order valence-electron chi connectivity index (χ3n) is 4.16. The first-order chi connectivity index (χ1) is 9.63. The molecule has 0 aliphatic heterocycles. The second kappa shape index (κ2) is 7.25. The number of anilines is 2. The van der Waals surface area contributed by atoms with Crippen molar-refractivity contribution >= 4 is 27.7 Å². The highest BCUT2D eigenvalue weighted by Gasteiger charge is 2.27. The Kier molecular flexibility index (Phi) is 5.64. The maximum absolute atomic E-state index is 4.68. The average molecular weight is 341 g/mol. The van der Waals surface area contributed by atoms with Gasteiger partial charge in [-0.05, 0) is 41.1 Å². The topological polar surface area (TPSA) is 41.1 Å². The van der Waals surface area contributed by atoms with Gasteiger partial charge in [0.1, 0.15) is 5.82 Å². The van der Waals surface area contributed by atoms with Crippen molar-refractivity contribution in [1.82, 2.24) is 9.97 Å². The van der Waals surface area contributed by atoms with Crippen LogP contribution in [0.1, 0.15) is 46.0 Å². The zero-order chi connectivity index (χ0) is 14.5. The van der Waals surface area contributed by atoms with Crippen LogP contribution in [0, 0.1) is 5.92 Å². The minimum Gasteiger partial charge on any atom is -0.355 e. The van der Waals surface area contributed by atoms with Crippen LogP contribution in [-0.4, -0.2) is 29.6 Å². The lowest BCUT2D eigenvalue weighted by molar-refractivity contribution is 0.320. The quantitative estimate of drug-likeness (QED) is 0.876. The summed E-state index contributed by atoms with van der Waals surface area (Å²) in [5.41, 5.74) is 0. The van der Waals surface area contributed by atoms with Gasteiger partial charge in [0.2, 0.25) is 5.95 Å². The zero-order valence-corrected chi connectivity index (χ0v) is 14.3. The molecule has 4 nitrogen and oxygen atoms in total. The van der Waals surface area contributed by atoms with Crippen LogP contribution in [0.2, 0.25) is 0 Å². The molecule has 2 atom stereocenters. The fourth-order valence-electron chi connectivity index (χ4n) is 2.96. The Balaban J connectivity index is 2.16. The molecule has 2 unspecified atom stereocenters. The molecule has 1 saturated carbocycles. The van der Waals surface area contributed by atoms with Crippen LogP contribution in [0.25, 0.3) is 0 Å². The number of halogens is 1. The smallest absolute Gasteiger partial charge is 0.224 e. The lowest BCUT2D eigenvalue weighted by atomic mass is 9.85. The Labute approximate surface area is 130 Å². The molecule has 0 radical (unpaired) electrons. The molecule has 1 aromatic rings. The lowest BCUT2D eigenvalue weighted by Crippen LogP contribution is -2.39. The average Bonchev–Trinajstić information content (AvgIpc) is 2.46. The number of nitrogens with zero attached hydrogens (tertiary/aromatic N) is 3. The van der Waals surface area contributed by atoms with Crippen molar-refractivity contribution in [2.24, 2.45) is 5.92 Å². The molecule has 2 rings (SSSR count). The molecule has 1 aromatic heterocycles. The van der Waals surface area contributed by atoms with Gasteiger partial charge in [-0.15, -0.1) is 0 Å². The summed E-state index contributed by atoms with van der Waals surface area (Å²) in [6, 6.07) is 0.578. The molecule has 0 amide bonds. The van der Waals surface area contributed by atoms with E-state index in [-0.39, 0.29) is 0 Å². The molecule has 0 spiro atoms. The molecule has 1 fully saturated rings. The van der Waals surface area contributed by atoms with Gasteiger partial charge in [-0.3, -0.25) is 0 Å². The highest BCUT2D eigenvalue weighted by atomic mass is 79.9. The van der Waals surface area contributed by atoms with E-state index < -0.39 is 0 Å². The monoisotopic (exact) mass is 340 g/mol. The molecule has 0 bridgehead atoms. The summed E-state index contributed by atoms with van der Waals surface area (Å²) in [5, 5.41) is 3.26. The van der Waals surface area contributed by atoms with Crippen molar-refractivity contribution in [1.29, 1.82) is 0 Å². The number of nitrogens with one attached hydrogen (secondary N) is 1. The molecule has 112 valence electrons. The number of aromatic nitrogens is 2. The fraction of sp³-hybridized carbons (Fsp3) is 0.733. The van der Waals surface area contributed by atoms with E-state index in [2.05, 4.69) is 57.0 Å². The second-order valence-corrected chi connectivity index (χ2v) is 6.59. The van der Waals surface area contributed by atoms with Gasteiger partial charge in [-0.1, -0.05) is 26.7 Å². The maximum Gasteiger partial charge on any atom is 0.224 e. The van der Waals surface area contributed by atoms with Gasteiger partial charge in [0.25, 0.3) is 0 Å². The highest BCUT2D eigenvalue weighted by molar-refractivity contribution is 9.10. The molecular formula is C15H25BrN4. The minimum absolute atomic E-state index is 0.578. The van der Waals surface area contributed by atoms with E-state index in [0.29, 0.717) is 6.04 Å². The van der Waals surface area contributed by atoms with Crippen molar-refractivity contribution in [2.75, 3.05) is 23.8 Å². The minimum atomic E-state index is 0.578. The Morgan fingerprint density at radius 2 is 2.15 bits per heavy atom. The van der Waals surface area contributed by atoms with Crippen LogP contribution in [0.15, 0.2) is 10.7 Å². The van der Waals surface area contributed by atoms with Crippen LogP contribution in [0.3, 0.4) is 0 Å². The predicted molar refractivity (Wildman–Crippen MR) is 88.3 cm³/mol. The van der Waals surface area contributed by atoms with E-state index in [4.69, 9.17) is 0 Å². The zero-order valence-electron chi connectivity index (χ0n) is 12.7. The summed E-state index contributed by atoms with van der Waals surface area (Å²) in [5.74, 6) is 2.44. The summed E-state index contributed by atoms with van der Waals surface area (Å²) in [7, 11) is 2.16. The third-order valence-corrected chi connectivity index (χ3v) is 4.72. The van der Waals surface area contributed by atoms with E-state index in [1.807, 2.05) is 6.20 Å². The van der Waals surface area contributed by atoms with Crippen LogP contribution < -0.4 is 10.2 Å². The first-order valence-electron chi connectivity index (χ1n) is 7.62. The van der Waals surface area contributed by atoms with Gasteiger partial charge in [-0.2, -0.15) is 4.98 Å². The summed E-state index contributed by atoms with van der Waals surface area (Å²) < 4.78 is 0.972. The first kappa shape index (κ1) is 15.5. The van der Waals surface area contributed by atoms with Gasteiger partial charge in [0, 0.05) is 25.8 Å². The molecule has 1 aliphatic carbocycles. The third kappa shape index (κ3) is 3.62. The molecule has 5 heteroatoms. The largest absolute Gasteiger partial charge is 0.355 e. The SMILES string of the molecule is CCCNc1ncc(Br)c(N(C)C2CCCCC2C)n1. The normalized spacial score (nSPS) is 22.6. The molecule has 20 heavy (non-hydrogen) atoms. The molecule has 1 aliphatic rings. The van der Waals surface area contributed by atoms with Crippen molar-refractivity contribution < 1.29 is 0 Å². The standard InChI is InChI=1S/C15H25BrN4/c1-4-9-17-15-18-10-12(16)14(19-15)20(3)13-8-6-5-7-11(13)2/h10-11,13H,4-9H2,1-3H3,(H,17,18,19). The molecule has 1 heterocycles. The Morgan fingerprint density at radius 1 is 1.40 bits per heavy atom. The summed E-state index contributed by atoms with van der Waals surface area (Å²) in [6.45, 7) is 5.40. The molecular weight excluding hydrogens is 316 g/mol. The van der Waals surface area contributed by atoms with E-state index in [1.165, 1.54) is 25.7 Å². The summed E-state index contributed by atoms with van der Waals surface area (Å²) in [4.78, 5) is 11.3. The second-order valence-electron chi connectivity index (χ2n) is 5.73. The molecule has 0 saturated heterocycles. The summed E-state index contributed by atoms with van der Waals surface area (Å²) in [6.07, 6.45) is 8.18. The van der Waals surface area contributed by atoms with Gasteiger partial charge in [-0.25, -0.2) is 4.98 Å². The van der Waals surface area contributed by atoms with Crippen LogP contribution in [0.5, 0.6) is 0 Å². The number of hydrogen-bond acceptors (Lipinski definition) is 4. The molecule has 1 N–H and O–H groups in total. The van der Waals surface area contributed by atoms with Gasteiger partial charge >= 0.3 is 0 Å². The lowest BCUT2D eigenvalue weighted by Gasteiger charge is -2.37. The van der Waals surface area contributed by atoms with Crippen LogP contribution >= 0.6 is 15.9 Å². The first-order valence-corrected chi connectivity index (χ1v) is 8.42. The molecule has 0 aromatic carbocycles. The van der Waals surface area contributed by atoms with Gasteiger partial charge in [0.15, 0.2) is 0 Å². The van der Waals surface area contributed by atoms with Crippen molar-refractivity contribution in [3.8, 4) is 0 Å². The van der Waals surface area contributed by atoms with Crippen LogP contribution in [0.4, 0.5) is 11.8 Å². The summed E-state index contributed by atoms with van der Waals surface area (Å²) >= 11 is 3.59. The fourth-order valence-corrected chi connectivity index (χ4v) is 3.43. The van der Waals surface area contributed by atoms with E-state index in [9.17, 15) is 0 Å². The van der Waals surface area contributed by atoms with Crippen LogP contribution in [-0.2, 0) is 0 Å². The highest BCUT2D eigenvalue weighted by Crippen LogP contribution is 2.32. The predicted octanol–water partition coefficient (Wildman–Crippen LogP) is 4.08. The Hall–Kier alpha value is -0.840. The van der Waals surface area contributed by atoms with Gasteiger partial charge in [0.05, 0.1) is 4.47 Å². The van der Waals surface area contributed by atoms with E-state index in [1.54, 1.807) is 0 Å².